The highest BCUT2D eigenvalue weighted by Gasteiger charge is 2.13. The molecule has 1 nitrogen and oxygen atoms in total. The quantitative estimate of drug-likeness (QED) is 0.758. The minimum Gasteiger partial charge on any atom is -0.371 e. The number of benzene rings is 2. The number of halogens is 1. The maximum Gasteiger partial charge on any atom is 0.0366 e. The zero-order valence-corrected chi connectivity index (χ0v) is 9.67. The van der Waals surface area contributed by atoms with Crippen molar-refractivity contribution in [3.63, 3.8) is 0 Å². The maximum atomic E-state index is 2.41. The van der Waals surface area contributed by atoms with Crippen LogP contribution in [0.2, 0.25) is 0 Å². The molecule has 88 valence electrons. The standard InChI is InChI=1S/C15H15N.FH/c1-2-5-13(6-3-1)14-7-9-15(10-8-14)16-11-4-12-16;/h1-3,5-10H,4,11-12H2;1H. The van der Waals surface area contributed by atoms with Gasteiger partial charge < -0.3 is 4.90 Å². The maximum absolute atomic E-state index is 2.41. The van der Waals surface area contributed by atoms with Gasteiger partial charge >= 0.3 is 0 Å². The van der Waals surface area contributed by atoms with E-state index >= 15 is 0 Å². The van der Waals surface area contributed by atoms with E-state index in [0.717, 1.165) is 0 Å². The molecule has 0 N–H and O–H groups in total. The van der Waals surface area contributed by atoms with Gasteiger partial charge in [-0.3, -0.25) is 4.70 Å². The fourth-order valence-corrected chi connectivity index (χ4v) is 2.07. The lowest BCUT2D eigenvalue weighted by molar-refractivity contribution is 0.618. The molecule has 0 radical (unpaired) electrons. The Balaban J connectivity index is 0.00000108. The lowest BCUT2D eigenvalue weighted by Crippen LogP contribution is -2.36. The van der Waals surface area contributed by atoms with Crippen LogP contribution in [0.1, 0.15) is 6.42 Å². The molecule has 0 bridgehead atoms. The van der Waals surface area contributed by atoms with Gasteiger partial charge in [-0.1, -0.05) is 42.5 Å². The van der Waals surface area contributed by atoms with Crippen LogP contribution in [-0.4, -0.2) is 13.1 Å². The minimum absolute atomic E-state index is 0. The Labute approximate surface area is 101 Å². The first kappa shape index (κ1) is 11.6. The van der Waals surface area contributed by atoms with Crippen molar-refractivity contribution >= 4 is 5.69 Å². The molecule has 0 atom stereocenters. The van der Waals surface area contributed by atoms with Gasteiger partial charge in [0.05, 0.1) is 0 Å². The van der Waals surface area contributed by atoms with Gasteiger partial charge in [-0.05, 0) is 29.7 Å². The fraction of sp³-hybridized carbons (Fsp3) is 0.200. The summed E-state index contributed by atoms with van der Waals surface area (Å²) < 4.78 is 0. The summed E-state index contributed by atoms with van der Waals surface area (Å²) in [5.74, 6) is 0. The van der Waals surface area contributed by atoms with E-state index in [0.29, 0.717) is 0 Å². The SMILES string of the molecule is F.c1ccc(-c2ccc(N3CCC3)cc2)cc1. The summed E-state index contributed by atoms with van der Waals surface area (Å²) in [5.41, 5.74) is 3.94. The van der Waals surface area contributed by atoms with E-state index in [1.54, 1.807) is 0 Å². The first-order chi connectivity index (χ1) is 7.93. The van der Waals surface area contributed by atoms with Gasteiger partial charge in [0, 0.05) is 18.8 Å². The molecule has 0 spiro atoms. The molecule has 2 aromatic rings. The molecule has 1 aliphatic rings. The van der Waals surface area contributed by atoms with Gasteiger partial charge in [0.25, 0.3) is 0 Å². The van der Waals surface area contributed by atoms with Crippen molar-refractivity contribution in [2.24, 2.45) is 0 Å². The van der Waals surface area contributed by atoms with E-state index in [1.165, 1.54) is 36.3 Å². The Morgan fingerprint density at radius 1 is 0.706 bits per heavy atom. The molecular weight excluding hydrogens is 213 g/mol. The molecule has 1 heterocycles. The van der Waals surface area contributed by atoms with E-state index in [4.69, 9.17) is 0 Å². The average molecular weight is 229 g/mol. The van der Waals surface area contributed by atoms with E-state index in [1.807, 2.05) is 0 Å². The topological polar surface area (TPSA) is 3.24 Å². The normalized spacial score (nSPS) is 13.8. The second-order valence-electron chi connectivity index (χ2n) is 4.25. The third kappa shape index (κ3) is 2.31. The Morgan fingerprint density at radius 3 is 1.82 bits per heavy atom. The molecule has 3 rings (SSSR count). The van der Waals surface area contributed by atoms with E-state index in [9.17, 15) is 0 Å². The second-order valence-corrected chi connectivity index (χ2v) is 4.25. The van der Waals surface area contributed by atoms with Crippen molar-refractivity contribution < 1.29 is 4.70 Å². The highest BCUT2D eigenvalue weighted by molar-refractivity contribution is 5.66. The molecule has 0 unspecified atom stereocenters. The van der Waals surface area contributed by atoms with Gasteiger partial charge in [-0.25, -0.2) is 0 Å². The zero-order valence-electron chi connectivity index (χ0n) is 9.67. The number of rotatable bonds is 2. The lowest BCUT2D eigenvalue weighted by Gasteiger charge is -2.33. The highest BCUT2D eigenvalue weighted by Crippen LogP contribution is 2.25. The van der Waals surface area contributed by atoms with Crippen molar-refractivity contribution in [2.45, 2.75) is 6.42 Å². The fourth-order valence-electron chi connectivity index (χ4n) is 2.07. The van der Waals surface area contributed by atoms with Crippen molar-refractivity contribution in [2.75, 3.05) is 18.0 Å². The first-order valence-corrected chi connectivity index (χ1v) is 5.84. The molecule has 0 saturated carbocycles. The average Bonchev–Trinajstić information content (AvgIpc) is 2.29. The van der Waals surface area contributed by atoms with Crippen molar-refractivity contribution in [3.8, 4) is 11.1 Å². The largest absolute Gasteiger partial charge is 0.371 e. The smallest absolute Gasteiger partial charge is 0.0366 e. The van der Waals surface area contributed by atoms with Gasteiger partial charge in [0.15, 0.2) is 0 Å². The van der Waals surface area contributed by atoms with Crippen molar-refractivity contribution in [1.29, 1.82) is 0 Å². The van der Waals surface area contributed by atoms with Crippen LogP contribution < -0.4 is 4.90 Å². The van der Waals surface area contributed by atoms with Crippen LogP contribution >= 0.6 is 0 Å². The Hall–Kier alpha value is -1.83. The molecule has 0 aliphatic carbocycles. The zero-order chi connectivity index (χ0) is 10.8. The number of hydrogen-bond acceptors (Lipinski definition) is 1. The summed E-state index contributed by atoms with van der Waals surface area (Å²) in [5, 5.41) is 0. The van der Waals surface area contributed by atoms with E-state index in [-0.39, 0.29) is 4.70 Å². The molecule has 2 heteroatoms. The molecule has 2 aromatic carbocycles. The highest BCUT2D eigenvalue weighted by atomic mass is 19.0. The summed E-state index contributed by atoms with van der Waals surface area (Å²) in [4.78, 5) is 2.41. The second kappa shape index (κ2) is 5.00. The van der Waals surface area contributed by atoms with Crippen molar-refractivity contribution in [1.82, 2.24) is 0 Å². The van der Waals surface area contributed by atoms with Crippen LogP contribution in [-0.2, 0) is 0 Å². The number of nitrogens with zero attached hydrogens (tertiary/aromatic N) is 1. The first-order valence-electron chi connectivity index (χ1n) is 5.84. The summed E-state index contributed by atoms with van der Waals surface area (Å²) in [6, 6.07) is 19.4. The number of hydrogen-bond donors (Lipinski definition) is 0. The molecular formula is C15H16FN. The van der Waals surface area contributed by atoms with E-state index in [2.05, 4.69) is 59.5 Å². The van der Waals surface area contributed by atoms with Crippen molar-refractivity contribution in [3.05, 3.63) is 54.6 Å². The van der Waals surface area contributed by atoms with Crippen LogP contribution in [0.15, 0.2) is 54.6 Å². The third-order valence-corrected chi connectivity index (χ3v) is 3.20. The van der Waals surface area contributed by atoms with Crippen LogP contribution in [0.25, 0.3) is 11.1 Å². The Morgan fingerprint density at radius 2 is 1.29 bits per heavy atom. The van der Waals surface area contributed by atoms with Gasteiger partial charge in [-0.2, -0.15) is 0 Å². The molecule has 1 aliphatic heterocycles. The van der Waals surface area contributed by atoms with Crippen LogP contribution in [0.3, 0.4) is 0 Å². The predicted octanol–water partition coefficient (Wildman–Crippen LogP) is 3.72. The Kier molecular flexibility index (Phi) is 3.43. The van der Waals surface area contributed by atoms with Crippen LogP contribution in [0.4, 0.5) is 10.4 Å². The minimum atomic E-state index is 0. The van der Waals surface area contributed by atoms with E-state index < -0.39 is 0 Å². The molecule has 0 aromatic heterocycles. The molecule has 0 amide bonds. The van der Waals surface area contributed by atoms with Crippen LogP contribution in [0.5, 0.6) is 0 Å². The van der Waals surface area contributed by atoms with Gasteiger partial charge in [-0.15, -0.1) is 0 Å². The summed E-state index contributed by atoms with van der Waals surface area (Å²) in [6.07, 6.45) is 1.33. The van der Waals surface area contributed by atoms with Gasteiger partial charge in [0.1, 0.15) is 0 Å². The molecule has 1 fully saturated rings. The molecule has 17 heavy (non-hydrogen) atoms. The summed E-state index contributed by atoms with van der Waals surface area (Å²) in [6.45, 7) is 2.43. The number of anilines is 1. The Bertz CT molecular complexity index is 460. The van der Waals surface area contributed by atoms with Gasteiger partial charge in [0.2, 0.25) is 0 Å². The lowest BCUT2D eigenvalue weighted by atomic mass is 10.0. The predicted molar refractivity (Wildman–Crippen MR) is 71.2 cm³/mol. The third-order valence-electron chi connectivity index (χ3n) is 3.20. The summed E-state index contributed by atoms with van der Waals surface area (Å²) >= 11 is 0. The summed E-state index contributed by atoms with van der Waals surface area (Å²) in [7, 11) is 0. The van der Waals surface area contributed by atoms with Crippen LogP contribution in [0, 0.1) is 0 Å². The molecule has 1 saturated heterocycles. The monoisotopic (exact) mass is 229 g/mol.